The summed E-state index contributed by atoms with van der Waals surface area (Å²) in [5.74, 6) is 0. The first kappa shape index (κ1) is 20.3. The van der Waals surface area contributed by atoms with E-state index in [0.29, 0.717) is 12.6 Å². The molecule has 0 bridgehead atoms. The van der Waals surface area contributed by atoms with Crippen LogP contribution in [-0.4, -0.2) is 20.6 Å². The zero-order valence-electron chi connectivity index (χ0n) is 18.2. The zero-order chi connectivity index (χ0) is 22.2. The van der Waals surface area contributed by atoms with Crippen molar-refractivity contribution in [3.8, 4) is 0 Å². The maximum Gasteiger partial charge on any atom is 0.262 e. The van der Waals surface area contributed by atoms with Gasteiger partial charge in [-0.1, -0.05) is 42.5 Å². The van der Waals surface area contributed by atoms with Crippen molar-refractivity contribution in [2.24, 2.45) is 0 Å². The second-order valence-electron chi connectivity index (χ2n) is 8.68. The molecule has 1 unspecified atom stereocenters. The predicted molar refractivity (Wildman–Crippen MR) is 134 cm³/mol. The fourth-order valence-electron chi connectivity index (χ4n) is 4.77. The van der Waals surface area contributed by atoms with E-state index in [1.54, 1.807) is 22.2 Å². The molecule has 33 heavy (non-hydrogen) atoms. The van der Waals surface area contributed by atoms with Gasteiger partial charge in [0.25, 0.3) is 5.56 Å². The van der Waals surface area contributed by atoms with Crippen LogP contribution in [0.2, 0.25) is 0 Å². The fourth-order valence-corrected chi connectivity index (χ4v) is 6.03. The van der Waals surface area contributed by atoms with Gasteiger partial charge in [-0.25, -0.2) is 4.98 Å². The molecule has 0 saturated heterocycles. The number of hydrogen-bond donors (Lipinski definition) is 1. The molecular weight excluding hydrogens is 428 g/mol. The Morgan fingerprint density at radius 3 is 2.79 bits per heavy atom. The van der Waals surface area contributed by atoms with Crippen LogP contribution in [0.15, 0.2) is 78.0 Å². The number of benzene rings is 2. The molecule has 164 valence electrons. The summed E-state index contributed by atoms with van der Waals surface area (Å²) < 4.78 is 1.75. The van der Waals surface area contributed by atoms with Crippen LogP contribution >= 0.6 is 11.3 Å². The van der Waals surface area contributed by atoms with Crippen LogP contribution in [0, 0.1) is 0 Å². The van der Waals surface area contributed by atoms with Crippen LogP contribution in [0.3, 0.4) is 0 Å². The lowest BCUT2D eigenvalue weighted by Gasteiger charge is -2.23. The maximum atomic E-state index is 13.4. The monoisotopic (exact) mass is 452 g/mol. The maximum absolute atomic E-state index is 13.4. The Kier molecular flexibility index (Phi) is 5.24. The molecular formula is C27H24N4OS. The van der Waals surface area contributed by atoms with Gasteiger partial charge in [0.05, 0.1) is 24.0 Å². The Bertz CT molecular complexity index is 1510. The van der Waals surface area contributed by atoms with Crippen molar-refractivity contribution in [2.75, 3.05) is 0 Å². The van der Waals surface area contributed by atoms with Gasteiger partial charge in [0.15, 0.2) is 0 Å². The van der Waals surface area contributed by atoms with E-state index in [1.807, 2.05) is 36.5 Å². The highest BCUT2D eigenvalue weighted by molar-refractivity contribution is 7.18. The van der Waals surface area contributed by atoms with E-state index in [0.717, 1.165) is 47.3 Å². The molecule has 3 aromatic heterocycles. The third-order valence-electron chi connectivity index (χ3n) is 6.50. The van der Waals surface area contributed by atoms with E-state index in [2.05, 4.69) is 45.6 Å². The Morgan fingerprint density at radius 1 is 1.03 bits per heavy atom. The SMILES string of the molecule is O=c1c2c3c(sc2ncn1Cc1ccc2ccccc2c1)CC(NCc1ccccn1)CC3. The summed E-state index contributed by atoms with van der Waals surface area (Å²) in [5, 5.41) is 6.86. The number of fused-ring (bicyclic) bond motifs is 4. The third kappa shape index (κ3) is 3.96. The molecule has 5 aromatic rings. The Hall–Kier alpha value is -3.35. The summed E-state index contributed by atoms with van der Waals surface area (Å²) in [4.78, 5) is 24.7. The van der Waals surface area contributed by atoms with Crippen molar-refractivity contribution >= 4 is 32.3 Å². The molecule has 5 nitrogen and oxygen atoms in total. The van der Waals surface area contributed by atoms with Crippen LogP contribution in [0.1, 0.15) is 28.1 Å². The summed E-state index contributed by atoms with van der Waals surface area (Å²) in [6.45, 7) is 1.30. The highest BCUT2D eigenvalue weighted by Gasteiger charge is 2.25. The number of rotatable bonds is 5. The van der Waals surface area contributed by atoms with Crippen LogP contribution < -0.4 is 10.9 Å². The molecule has 1 atom stereocenters. The van der Waals surface area contributed by atoms with E-state index in [-0.39, 0.29) is 5.56 Å². The number of aromatic nitrogens is 3. The Morgan fingerprint density at radius 2 is 1.91 bits per heavy atom. The van der Waals surface area contributed by atoms with Crippen LogP contribution in [-0.2, 0) is 25.9 Å². The number of thiophene rings is 1. The van der Waals surface area contributed by atoms with Gasteiger partial charge in [-0.15, -0.1) is 11.3 Å². The van der Waals surface area contributed by atoms with E-state index in [1.165, 1.54) is 21.2 Å². The molecule has 0 saturated carbocycles. The van der Waals surface area contributed by atoms with Crippen molar-refractivity contribution in [3.05, 3.63) is 105 Å². The average molecular weight is 453 g/mol. The van der Waals surface area contributed by atoms with Gasteiger partial charge < -0.3 is 5.32 Å². The smallest absolute Gasteiger partial charge is 0.262 e. The van der Waals surface area contributed by atoms with E-state index < -0.39 is 0 Å². The van der Waals surface area contributed by atoms with E-state index in [4.69, 9.17) is 0 Å². The van der Waals surface area contributed by atoms with Gasteiger partial charge in [-0.05, 0) is 59.4 Å². The van der Waals surface area contributed by atoms with Gasteiger partial charge in [0.1, 0.15) is 4.83 Å². The summed E-state index contributed by atoms with van der Waals surface area (Å²) in [5.41, 5.74) is 3.44. The standard InChI is InChI=1S/C27H24N4OS/c32-27-25-23-11-10-21(29-15-22-7-3-4-12-28-22)14-24(23)33-26(25)30-17-31(27)16-18-8-9-19-5-1-2-6-20(19)13-18/h1-9,12-13,17,21,29H,10-11,14-16H2. The van der Waals surface area contributed by atoms with E-state index in [9.17, 15) is 4.79 Å². The van der Waals surface area contributed by atoms with E-state index >= 15 is 0 Å². The van der Waals surface area contributed by atoms with Crippen LogP contribution in [0.5, 0.6) is 0 Å². The highest BCUT2D eigenvalue weighted by Crippen LogP contribution is 2.33. The lowest BCUT2D eigenvalue weighted by atomic mass is 9.93. The largest absolute Gasteiger partial charge is 0.308 e. The average Bonchev–Trinajstić information content (AvgIpc) is 3.23. The number of pyridine rings is 1. The van der Waals surface area contributed by atoms with Crippen molar-refractivity contribution in [2.45, 2.75) is 38.4 Å². The van der Waals surface area contributed by atoms with Crippen molar-refractivity contribution < 1.29 is 0 Å². The van der Waals surface area contributed by atoms with Gasteiger partial charge >= 0.3 is 0 Å². The lowest BCUT2D eigenvalue weighted by molar-refractivity contribution is 0.459. The number of hydrogen-bond acceptors (Lipinski definition) is 5. The van der Waals surface area contributed by atoms with Crippen molar-refractivity contribution in [1.29, 1.82) is 0 Å². The molecule has 0 fully saturated rings. The molecule has 0 spiro atoms. The van der Waals surface area contributed by atoms with Gasteiger partial charge in [-0.3, -0.25) is 14.3 Å². The van der Waals surface area contributed by atoms with Crippen LogP contribution in [0.25, 0.3) is 21.0 Å². The summed E-state index contributed by atoms with van der Waals surface area (Å²) in [6.07, 6.45) is 6.40. The van der Waals surface area contributed by atoms with Crippen molar-refractivity contribution in [3.63, 3.8) is 0 Å². The molecule has 2 aromatic carbocycles. The minimum atomic E-state index is 0.0746. The molecule has 1 aliphatic carbocycles. The fraction of sp³-hybridized carbons (Fsp3) is 0.222. The van der Waals surface area contributed by atoms with Crippen LogP contribution in [0.4, 0.5) is 0 Å². The third-order valence-corrected chi connectivity index (χ3v) is 7.66. The van der Waals surface area contributed by atoms with Gasteiger partial charge in [0, 0.05) is 23.7 Å². The molecule has 6 heteroatoms. The summed E-state index contributed by atoms with van der Waals surface area (Å²) >= 11 is 1.68. The Labute approximate surface area is 195 Å². The first-order valence-corrected chi connectivity index (χ1v) is 12.2. The lowest BCUT2D eigenvalue weighted by Crippen LogP contribution is -2.34. The second-order valence-corrected chi connectivity index (χ2v) is 9.77. The zero-order valence-corrected chi connectivity index (χ0v) is 19.0. The minimum Gasteiger partial charge on any atom is -0.308 e. The number of nitrogens with one attached hydrogen (secondary N) is 1. The molecule has 6 rings (SSSR count). The number of nitrogens with zero attached hydrogens (tertiary/aromatic N) is 3. The minimum absolute atomic E-state index is 0.0746. The molecule has 3 heterocycles. The first-order chi connectivity index (χ1) is 16.2. The van der Waals surface area contributed by atoms with Crippen molar-refractivity contribution in [1.82, 2.24) is 19.9 Å². The quantitative estimate of drug-likeness (QED) is 0.420. The molecule has 0 aliphatic heterocycles. The molecule has 1 aliphatic rings. The first-order valence-electron chi connectivity index (χ1n) is 11.4. The molecule has 1 N–H and O–H groups in total. The van der Waals surface area contributed by atoms with Gasteiger partial charge in [-0.2, -0.15) is 0 Å². The molecule has 0 amide bonds. The number of aryl methyl sites for hydroxylation is 1. The highest BCUT2D eigenvalue weighted by atomic mass is 32.1. The topological polar surface area (TPSA) is 59.8 Å². The summed E-state index contributed by atoms with van der Waals surface area (Å²) in [6, 6.07) is 21.1. The summed E-state index contributed by atoms with van der Waals surface area (Å²) in [7, 11) is 0. The normalized spacial score (nSPS) is 15.7. The predicted octanol–water partition coefficient (Wildman–Crippen LogP) is 4.70. The second kappa shape index (κ2) is 8.54. The van der Waals surface area contributed by atoms with Gasteiger partial charge in [0.2, 0.25) is 0 Å². The molecule has 0 radical (unpaired) electrons. The Balaban J connectivity index is 1.25.